The van der Waals surface area contributed by atoms with Crippen molar-refractivity contribution in [3.05, 3.63) is 28.8 Å². The highest BCUT2D eigenvalue weighted by Gasteiger charge is 2.25. The van der Waals surface area contributed by atoms with Crippen LogP contribution in [0, 0.1) is 5.92 Å². The lowest BCUT2D eigenvalue weighted by molar-refractivity contribution is 0.597. The van der Waals surface area contributed by atoms with E-state index in [2.05, 4.69) is 0 Å². The summed E-state index contributed by atoms with van der Waals surface area (Å²) in [4.78, 5) is 0. The first-order valence-electron chi connectivity index (χ1n) is 4.97. The molecule has 1 aromatic rings. The van der Waals surface area contributed by atoms with Gasteiger partial charge in [0, 0.05) is 16.8 Å². The molecule has 0 radical (unpaired) electrons. The van der Waals surface area contributed by atoms with E-state index < -0.39 is 0 Å². The summed E-state index contributed by atoms with van der Waals surface area (Å²) in [7, 11) is 0. The zero-order chi connectivity index (χ0) is 10.1. The van der Waals surface area contributed by atoms with Crippen molar-refractivity contribution in [1.82, 2.24) is 0 Å². The normalized spacial score (nSPS) is 18.1. The molecule has 4 N–H and O–H groups in total. The van der Waals surface area contributed by atoms with Gasteiger partial charge in [-0.1, -0.05) is 30.5 Å². The third-order valence-electron chi connectivity index (χ3n) is 2.71. The van der Waals surface area contributed by atoms with Crippen molar-refractivity contribution < 1.29 is 0 Å². The van der Waals surface area contributed by atoms with E-state index in [-0.39, 0.29) is 6.04 Å². The van der Waals surface area contributed by atoms with Crippen molar-refractivity contribution in [3.8, 4) is 0 Å². The van der Waals surface area contributed by atoms with Gasteiger partial charge < -0.3 is 11.5 Å². The molecule has 1 saturated carbocycles. The van der Waals surface area contributed by atoms with E-state index in [1.54, 1.807) is 6.07 Å². The summed E-state index contributed by atoms with van der Waals surface area (Å²) >= 11 is 6.07. The van der Waals surface area contributed by atoms with Crippen molar-refractivity contribution in [3.63, 3.8) is 0 Å². The first-order chi connectivity index (χ1) is 6.66. The van der Waals surface area contributed by atoms with Gasteiger partial charge >= 0.3 is 0 Å². The van der Waals surface area contributed by atoms with Gasteiger partial charge in [-0.15, -0.1) is 0 Å². The minimum Gasteiger partial charge on any atom is -0.399 e. The van der Waals surface area contributed by atoms with Gasteiger partial charge in [0.15, 0.2) is 0 Å². The molecule has 76 valence electrons. The third kappa shape index (κ3) is 2.20. The number of halogens is 1. The summed E-state index contributed by atoms with van der Waals surface area (Å²) in [6.45, 7) is 0. The maximum atomic E-state index is 6.07. The molecule has 0 spiro atoms. The Kier molecular flexibility index (Phi) is 2.66. The fourth-order valence-electron chi connectivity index (χ4n) is 1.68. The van der Waals surface area contributed by atoms with Crippen molar-refractivity contribution in [1.29, 1.82) is 0 Å². The fourth-order valence-corrected chi connectivity index (χ4v) is 2.01. The second kappa shape index (κ2) is 3.79. The molecule has 14 heavy (non-hydrogen) atoms. The zero-order valence-corrected chi connectivity index (χ0v) is 8.80. The quantitative estimate of drug-likeness (QED) is 0.754. The average molecular weight is 211 g/mol. The Hall–Kier alpha value is -0.730. The number of benzene rings is 1. The molecule has 0 amide bonds. The molecule has 1 fully saturated rings. The van der Waals surface area contributed by atoms with Crippen LogP contribution in [0.15, 0.2) is 18.2 Å². The summed E-state index contributed by atoms with van der Waals surface area (Å²) < 4.78 is 0. The molecule has 0 aromatic heterocycles. The first-order valence-corrected chi connectivity index (χ1v) is 5.35. The summed E-state index contributed by atoms with van der Waals surface area (Å²) in [6.07, 6.45) is 3.68. The second-order valence-corrected chi connectivity index (χ2v) is 4.47. The Balaban J connectivity index is 2.13. The molecule has 0 saturated heterocycles. The van der Waals surface area contributed by atoms with E-state index in [1.165, 1.54) is 12.8 Å². The number of hydrogen-bond donors (Lipinski definition) is 2. The second-order valence-electron chi connectivity index (χ2n) is 4.07. The standard InChI is InChI=1S/C11H15ClN2/c12-10-6-8(13)3-4-9(10)11(14)5-7-1-2-7/h3-4,6-7,11H,1-2,5,13-14H2. The van der Waals surface area contributed by atoms with Gasteiger partial charge in [-0.2, -0.15) is 0 Å². The van der Waals surface area contributed by atoms with Crippen LogP contribution in [0.3, 0.4) is 0 Å². The van der Waals surface area contributed by atoms with Gasteiger partial charge in [-0.25, -0.2) is 0 Å². The van der Waals surface area contributed by atoms with Crippen molar-refractivity contribution >= 4 is 17.3 Å². The van der Waals surface area contributed by atoms with Crippen LogP contribution < -0.4 is 11.5 Å². The summed E-state index contributed by atoms with van der Waals surface area (Å²) in [5.41, 5.74) is 13.4. The number of hydrogen-bond acceptors (Lipinski definition) is 2. The fraction of sp³-hybridized carbons (Fsp3) is 0.455. The topological polar surface area (TPSA) is 52.0 Å². The predicted octanol–water partition coefficient (Wildman–Crippen LogP) is 2.72. The largest absolute Gasteiger partial charge is 0.399 e. The Bertz CT molecular complexity index is 334. The molecule has 3 heteroatoms. The van der Waals surface area contributed by atoms with E-state index in [1.807, 2.05) is 12.1 Å². The van der Waals surface area contributed by atoms with Crippen LogP contribution in [0.4, 0.5) is 5.69 Å². The molecule has 1 atom stereocenters. The third-order valence-corrected chi connectivity index (χ3v) is 3.04. The monoisotopic (exact) mass is 210 g/mol. The highest BCUT2D eigenvalue weighted by Crippen LogP contribution is 2.38. The van der Waals surface area contributed by atoms with Crippen molar-refractivity contribution in [2.45, 2.75) is 25.3 Å². The van der Waals surface area contributed by atoms with Gasteiger partial charge in [0.2, 0.25) is 0 Å². The van der Waals surface area contributed by atoms with Crippen LogP contribution in [0.5, 0.6) is 0 Å². The van der Waals surface area contributed by atoms with Crippen LogP contribution in [0.1, 0.15) is 30.9 Å². The molecule has 0 bridgehead atoms. The molecule has 1 unspecified atom stereocenters. The maximum absolute atomic E-state index is 6.07. The maximum Gasteiger partial charge on any atom is 0.0474 e. The average Bonchev–Trinajstić information content (AvgIpc) is 2.87. The van der Waals surface area contributed by atoms with Crippen LogP contribution in [0.2, 0.25) is 5.02 Å². The Morgan fingerprint density at radius 2 is 2.14 bits per heavy atom. The lowest BCUT2D eigenvalue weighted by atomic mass is 10.0. The Labute approximate surface area is 89.2 Å². The number of anilines is 1. The van der Waals surface area contributed by atoms with Gasteiger partial charge in [0.25, 0.3) is 0 Å². The lowest BCUT2D eigenvalue weighted by Gasteiger charge is -2.13. The van der Waals surface area contributed by atoms with Crippen molar-refractivity contribution in [2.24, 2.45) is 11.7 Å². The smallest absolute Gasteiger partial charge is 0.0474 e. The van der Waals surface area contributed by atoms with Crippen LogP contribution >= 0.6 is 11.6 Å². The molecule has 1 aliphatic carbocycles. The molecular formula is C11H15ClN2. The first kappa shape index (κ1) is 9.81. The molecule has 1 aliphatic rings. The Morgan fingerprint density at radius 3 is 2.71 bits per heavy atom. The predicted molar refractivity (Wildman–Crippen MR) is 60.1 cm³/mol. The minimum atomic E-state index is 0.0654. The molecule has 1 aromatic carbocycles. The van der Waals surface area contributed by atoms with Gasteiger partial charge in [0.05, 0.1) is 0 Å². The molecule has 2 nitrogen and oxygen atoms in total. The minimum absolute atomic E-state index is 0.0654. The lowest BCUT2D eigenvalue weighted by Crippen LogP contribution is -2.11. The number of rotatable bonds is 3. The summed E-state index contributed by atoms with van der Waals surface area (Å²) in [5, 5.41) is 0.693. The van der Waals surface area contributed by atoms with E-state index in [0.29, 0.717) is 10.7 Å². The van der Waals surface area contributed by atoms with Gasteiger partial charge in [0.1, 0.15) is 0 Å². The molecule has 0 aliphatic heterocycles. The SMILES string of the molecule is Nc1ccc(C(N)CC2CC2)c(Cl)c1. The van der Waals surface area contributed by atoms with Crippen molar-refractivity contribution in [2.75, 3.05) is 5.73 Å². The van der Waals surface area contributed by atoms with E-state index >= 15 is 0 Å². The molecular weight excluding hydrogens is 196 g/mol. The highest BCUT2D eigenvalue weighted by atomic mass is 35.5. The number of nitrogens with two attached hydrogens (primary N) is 2. The van der Waals surface area contributed by atoms with Gasteiger partial charge in [-0.3, -0.25) is 0 Å². The van der Waals surface area contributed by atoms with E-state index in [9.17, 15) is 0 Å². The van der Waals surface area contributed by atoms with E-state index in [4.69, 9.17) is 23.1 Å². The van der Waals surface area contributed by atoms with Gasteiger partial charge in [-0.05, 0) is 30.0 Å². The van der Waals surface area contributed by atoms with Crippen LogP contribution in [-0.2, 0) is 0 Å². The van der Waals surface area contributed by atoms with Crippen LogP contribution in [-0.4, -0.2) is 0 Å². The highest BCUT2D eigenvalue weighted by molar-refractivity contribution is 6.31. The van der Waals surface area contributed by atoms with E-state index in [0.717, 1.165) is 17.9 Å². The molecule has 2 rings (SSSR count). The summed E-state index contributed by atoms with van der Waals surface area (Å²) in [6, 6.07) is 5.62. The molecule has 0 heterocycles. The number of nitrogen functional groups attached to an aromatic ring is 1. The Morgan fingerprint density at radius 1 is 1.43 bits per heavy atom. The van der Waals surface area contributed by atoms with Crippen LogP contribution in [0.25, 0.3) is 0 Å². The summed E-state index contributed by atoms with van der Waals surface area (Å²) in [5.74, 6) is 0.818. The zero-order valence-electron chi connectivity index (χ0n) is 8.04.